The fraction of sp³-hybridized carbons (Fsp3) is 0.188. The number of hydrogen-bond acceptors (Lipinski definition) is 4. The molecule has 0 spiro atoms. The number of nitrogens with one attached hydrogen (secondary N) is 1. The Hall–Kier alpha value is -2.69. The first-order valence-electron chi connectivity index (χ1n) is 6.50. The summed E-state index contributed by atoms with van der Waals surface area (Å²) in [6, 6.07) is 7.18. The van der Waals surface area contributed by atoms with Gasteiger partial charge in [0, 0.05) is 18.0 Å². The van der Waals surface area contributed by atoms with Crippen molar-refractivity contribution >= 4 is 12.1 Å². The number of hydrogen-bond donors (Lipinski definition) is 1. The molecule has 1 heterocycles. The summed E-state index contributed by atoms with van der Waals surface area (Å²) in [6.45, 7) is 3.93. The summed E-state index contributed by atoms with van der Waals surface area (Å²) in [5.74, 6) is 0.571. The molecular formula is C16H17N3O2. The molecule has 0 fully saturated rings. The number of amides is 1. The van der Waals surface area contributed by atoms with Crippen LogP contribution in [0.3, 0.4) is 0 Å². The molecule has 0 saturated heterocycles. The minimum absolute atomic E-state index is 0.267. The van der Waals surface area contributed by atoms with Gasteiger partial charge in [0.1, 0.15) is 5.75 Å². The smallest absolute Gasteiger partial charge is 0.271 e. The third-order valence-electron chi connectivity index (χ3n) is 3.10. The van der Waals surface area contributed by atoms with Crippen LogP contribution >= 0.6 is 0 Å². The van der Waals surface area contributed by atoms with E-state index in [2.05, 4.69) is 15.5 Å². The van der Waals surface area contributed by atoms with Gasteiger partial charge in [-0.05, 0) is 54.8 Å². The third kappa shape index (κ3) is 3.66. The summed E-state index contributed by atoms with van der Waals surface area (Å²) in [7, 11) is 1.64. The number of benzene rings is 1. The van der Waals surface area contributed by atoms with Crippen LogP contribution in [-0.4, -0.2) is 24.2 Å². The Morgan fingerprint density at radius 3 is 2.62 bits per heavy atom. The van der Waals surface area contributed by atoms with Crippen LogP contribution in [0, 0.1) is 13.8 Å². The first-order valence-corrected chi connectivity index (χ1v) is 6.50. The van der Waals surface area contributed by atoms with E-state index in [4.69, 9.17) is 4.74 Å². The van der Waals surface area contributed by atoms with Gasteiger partial charge in [-0.25, -0.2) is 5.43 Å². The van der Waals surface area contributed by atoms with Crippen molar-refractivity contribution in [2.45, 2.75) is 13.8 Å². The van der Waals surface area contributed by atoms with Gasteiger partial charge in [0.15, 0.2) is 0 Å². The molecule has 5 heteroatoms. The first-order chi connectivity index (χ1) is 10.1. The van der Waals surface area contributed by atoms with E-state index in [-0.39, 0.29) is 5.91 Å². The maximum Gasteiger partial charge on any atom is 0.271 e. The maximum absolute atomic E-state index is 11.8. The van der Waals surface area contributed by atoms with Crippen molar-refractivity contribution in [3.8, 4) is 5.75 Å². The lowest BCUT2D eigenvalue weighted by Crippen LogP contribution is -2.17. The van der Waals surface area contributed by atoms with Crippen LogP contribution in [0.2, 0.25) is 0 Å². The maximum atomic E-state index is 11.8. The molecule has 0 aliphatic heterocycles. The normalized spacial score (nSPS) is 10.6. The Morgan fingerprint density at radius 2 is 1.95 bits per heavy atom. The van der Waals surface area contributed by atoms with Crippen LogP contribution in [0.15, 0.2) is 41.8 Å². The highest BCUT2D eigenvalue weighted by atomic mass is 16.5. The van der Waals surface area contributed by atoms with Crippen LogP contribution in [0.25, 0.3) is 0 Å². The zero-order valence-electron chi connectivity index (χ0n) is 12.3. The van der Waals surface area contributed by atoms with Crippen LogP contribution in [0.1, 0.15) is 27.0 Å². The SMILES string of the molecule is COc1cc(C)c(C=NNC(=O)c2ccncc2)cc1C. The van der Waals surface area contributed by atoms with E-state index in [1.165, 1.54) is 0 Å². The molecule has 0 radical (unpaired) electrons. The minimum atomic E-state index is -0.267. The van der Waals surface area contributed by atoms with Gasteiger partial charge in [-0.2, -0.15) is 5.10 Å². The average Bonchev–Trinajstić information content (AvgIpc) is 2.51. The van der Waals surface area contributed by atoms with Gasteiger partial charge in [0.25, 0.3) is 5.91 Å². The Bertz CT molecular complexity index is 667. The lowest BCUT2D eigenvalue weighted by molar-refractivity contribution is 0.0955. The first kappa shape index (κ1) is 14.7. The van der Waals surface area contributed by atoms with Crippen LogP contribution in [0.5, 0.6) is 5.75 Å². The Labute approximate surface area is 123 Å². The van der Waals surface area contributed by atoms with Crippen molar-refractivity contribution in [3.05, 3.63) is 58.9 Å². The monoisotopic (exact) mass is 283 g/mol. The number of aromatic nitrogens is 1. The lowest BCUT2D eigenvalue weighted by Gasteiger charge is -2.08. The number of rotatable bonds is 4. The fourth-order valence-electron chi connectivity index (χ4n) is 1.90. The van der Waals surface area contributed by atoms with Crippen molar-refractivity contribution in [3.63, 3.8) is 0 Å². The Kier molecular flexibility index (Phi) is 4.66. The second-order valence-corrected chi connectivity index (χ2v) is 4.61. The largest absolute Gasteiger partial charge is 0.496 e. The molecule has 21 heavy (non-hydrogen) atoms. The number of aryl methyl sites for hydroxylation is 2. The molecule has 0 bridgehead atoms. The highest BCUT2D eigenvalue weighted by Gasteiger charge is 2.04. The van der Waals surface area contributed by atoms with E-state index >= 15 is 0 Å². The summed E-state index contributed by atoms with van der Waals surface area (Å²) in [5, 5.41) is 3.99. The van der Waals surface area contributed by atoms with Crippen LogP contribution in [0.4, 0.5) is 0 Å². The molecule has 108 valence electrons. The van der Waals surface area contributed by atoms with Crippen molar-refractivity contribution < 1.29 is 9.53 Å². The van der Waals surface area contributed by atoms with Crippen molar-refractivity contribution in [1.82, 2.24) is 10.4 Å². The Morgan fingerprint density at radius 1 is 1.24 bits per heavy atom. The van der Waals surface area contributed by atoms with Crippen LogP contribution < -0.4 is 10.2 Å². The van der Waals surface area contributed by atoms with Gasteiger partial charge in [-0.1, -0.05) is 0 Å². The van der Waals surface area contributed by atoms with Gasteiger partial charge in [-0.3, -0.25) is 9.78 Å². The predicted molar refractivity (Wildman–Crippen MR) is 81.8 cm³/mol. The zero-order valence-corrected chi connectivity index (χ0v) is 12.3. The summed E-state index contributed by atoms with van der Waals surface area (Å²) in [4.78, 5) is 15.7. The number of carbonyl (C=O) groups excluding carboxylic acids is 1. The fourth-order valence-corrected chi connectivity index (χ4v) is 1.90. The van der Waals surface area contributed by atoms with Crippen molar-refractivity contribution in [2.24, 2.45) is 5.10 Å². The third-order valence-corrected chi connectivity index (χ3v) is 3.10. The molecule has 0 unspecified atom stereocenters. The number of hydrazone groups is 1. The van der Waals surface area contributed by atoms with Crippen LogP contribution in [-0.2, 0) is 0 Å². The number of carbonyl (C=O) groups is 1. The van der Waals surface area contributed by atoms with Gasteiger partial charge in [0.05, 0.1) is 13.3 Å². The van der Waals surface area contributed by atoms with E-state index in [1.54, 1.807) is 37.9 Å². The molecule has 0 atom stereocenters. The zero-order chi connectivity index (χ0) is 15.2. The molecule has 1 N–H and O–H groups in total. The highest BCUT2D eigenvalue weighted by Crippen LogP contribution is 2.21. The quantitative estimate of drug-likeness (QED) is 0.692. The minimum Gasteiger partial charge on any atom is -0.496 e. The number of pyridine rings is 1. The van der Waals surface area contributed by atoms with Gasteiger partial charge >= 0.3 is 0 Å². The average molecular weight is 283 g/mol. The molecule has 1 amide bonds. The van der Waals surface area contributed by atoms with E-state index in [9.17, 15) is 4.79 Å². The Balaban J connectivity index is 2.08. The topological polar surface area (TPSA) is 63.6 Å². The van der Waals surface area contributed by atoms with Crippen molar-refractivity contribution in [2.75, 3.05) is 7.11 Å². The molecule has 2 rings (SSSR count). The number of nitrogens with zero attached hydrogens (tertiary/aromatic N) is 2. The molecule has 1 aromatic carbocycles. The molecule has 0 saturated carbocycles. The van der Waals surface area contributed by atoms with E-state index < -0.39 is 0 Å². The van der Waals surface area contributed by atoms with Crippen molar-refractivity contribution in [1.29, 1.82) is 0 Å². The standard InChI is InChI=1S/C16H17N3O2/c1-11-9-15(21-3)12(2)8-14(11)10-18-19-16(20)13-4-6-17-7-5-13/h4-10H,1-3H3,(H,19,20). The second kappa shape index (κ2) is 6.65. The molecule has 0 aliphatic rings. The van der Waals surface area contributed by atoms with E-state index in [0.29, 0.717) is 5.56 Å². The molecule has 1 aromatic heterocycles. The summed E-state index contributed by atoms with van der Waals surface area (Å²) >= 11 is 0. The second-order valence-electron chi connectivity index (χ2n) is 4.61. The van der Waals surface area contributed by atoms with Gasteiger partial charge in [-0.15, -0.1) is 0 Å². The van der Waals surface area contributed by atoms with E-state index in [0.717, 1.165) is 22.4 Å². The van der Waals surface area contributed by atoms with Gasteiger partial charge in [0.2, 0.25) is 0 Å². The molecular weight excluding hydrogens is 266 g/mol. The van der Waals surface area contributed by atoms with E-state index in [1.807, 2.05) is 26.0 Å². The number of ether oxygens (including phenoxy) is 1. The molecule has 2 aromatic rings. The van der Waals surface area contributed by atoms with Gasteiger partial charge < -0.3 is 4.74 Å². The lowest BCUT2D eigenvalue weighted by atomic mass is 10.1. The summed E-state index contributed by atoms with van der Waals surface area (Å²) in [5.41, 5.74) is 5.99. The molecule has 5 nitrogen and oxygen atoms in total. The summed E-state index contributed by atoms with van der Waals surface area (Å²) < 4.78 is 5.26. The summed E-state index contributed by atoms with van der Waals surface area (Å²) in [6.07, 6.45) is 4.76. The number of methoxy groups -OCH3 is 1. The predicted octanol–water partition coefficient (Wildman–Crippen LogP) is 2.47. The molecule has 0 aliphatic carbocycles. The highest BCUT2D eigenvalue weighted by molar-refractivity contribution is 5.94.